The zero-order valence-corrected chi connectivity index (χ0v) is 12.8. The van der Waals surface area contributed by atoms with E-state index in [0.717, 1.165) is 24.4 Å². The number of benzene rings is 2. The maximum absolute atomic E-state index is 5.85. The van der Waals surface area contributed by atoms with Crippen LogP contribution in [0.2, 0.25) is 0 Å². The van der Waals surface area contributed by atoms with Crippen LogP contribution in [0.25, 0.3) is 0 Å². The van der Waals surface area contributed by atoms with Gasteiger partial charge in [0.25, 0.3) is 0 Å². The predicted molar refractivity (Wildman–Crippen MR) is 89.4 cm³/mol. The van der Waals surface area contributed by atoms with Gasteiger partial charge in [-0.15, -0.1) is 0 Å². The fourth-order valence-electron chi connectivity index (χ4n) is 2.99. The molecule has 0 fully saturated rings. The van der Waals surface area contributed by atoms with Crippen LogP contribution >= 0.6 is 0 Å². The van der Waals surface area contributed by atoms with Gasteiger partial charge in [0, 0.05) is 18.7 Å². The van der Waals surface area contributed by atoms with Gasteiger partial charge in [-0.3, -0.25) is 0 Å². The molecular weight excluding hydrogens is 286 g/mol. The van der Waals surface area contributed by atoms with Crippen molar-refractivity contribution in [2.45, 2.75) is 19.1 Å². The van der Waals surface area contributed by atoms with Crippen molar-refractivity contribution in [2.24, 2.45) is 0 Å². The van der Waals surface area contributed by atoms with E-state index in [1.54, 1.807) is 6.33 Å². The van der Waals surface area contributed by atoms with E-state index in [4.69, 9.17) is 4.74 Å². The van der Waals surface area contributed by atoms with E-state index in [1.165, 1.54) is 16.8 Å². The van der Waals surface area contributed by atoms with Crippen LogP contribution in [0.3, 0.4) is 0 Å². The molecule has 1 aliphatic heterocycles. The van der Waals surface area contributed by atoms with Crippen LogP contribution in [-0.4, -0.2) is 16.5 Å². The lowest BCUT2D eigenvalue weighted by Gasteiger charge is -2.23. The second-order valence-corrected chi connectivity index (χ2v) is 5.75. The summed E-state index contributed by atoms with van der Waals surface area (Å²) in [5.41, 5.74) is 4.73. The summed E-state index contributed by atoms with van der Waals surface area (Å²) in [7, 11) is 0. The number of aromatic nitrogens is 2. The minimum Gasteiger partial charge on any atom is -0.489 e. The van der Waals surface area contributed by atoms with Crippen molar-refractivity contribution in [1.82, 2.24) is 15.3 Å². The number of aromatic amines is 1. The molecule has 2 aromatic carbocycles. The van der Waals surface area contributed by atoms with E-state index in [9.17, 15) is 0 Å². The van der Waals surface area contributed by atoms with Gasteiger partial charge in [0.15, 0.2) is 0 Å². The molecule has 1 aliphatic rings. The molecule has 4 heteroatoms. The van der Waals surface area contributed by atoms with Gasteiger partial charge in [0.05, 0.1) is 18.1 Å². The fourth-order valence-corrected chi connectivity index (χ4v) is 2.99. The van der Waals surface area contributed by atoms with Crippen LogP contribution in [0.5, 0.6) is 5.75 Å². The molecule has 0 saturated carbocycles. The smallest absolute Gasteiger partial charge is 0.119 e. The molecule has 4 rings (SSSR count). The Morgan fingerprint density at radius 1 is 1.04 bits per heavy atom. The van der Waals surface area contributed by atoms with E-state index >= 15 is 0 Å². The summed E-state index contributed by atoms with van der Waals surface area (Å²) in [5.74, 6) is 0.885. The number of fused-ring (bicyclic) bond motifs is 1. The fraction of sp³-hybridized carbons (Fsp3) is 0.211. The summed E-state index contributed by atoms with van der Waals surface area (Å²) < 4.78 is 5.85. The van der Waals surface area contributed by atoms with Gasteiger partial charge in [0.2, 0.25) is 0 Å². The van der Waals surface area contributed by atoms with Gasteiger partial charge in [-0.1, -0.05) is 42.5 Å². The molecule has 4 nitrogen and oxygen atoms in total. The monoisotopic (exact) mass is 305 g/mol. The SMILES string of the molecule is c1ccc(COc2ccc(C3NCCc4[nH]cnc43)cc2)cc1. The second-order valence-electron chi connectivity index (χ2n) is 5.75. The second kappa shape index (κ2) is 6.26. The molecule has 2 heterocycles. The Morgan fingerprint density at radius 2 is 1.87 bits per heavy atom. The first-order valence-electron chi connectivity index (χ1n) is 7.92. The lowest BCUT2D eigenvalue weighted by Crippen LogP contribution is -2.30. The molecule has 0 saturated heterocycles. The summed E-state index contributed by atoms with van der Waals surface area (Å²) >= 11 is 0. The number of ether oxygens (including phenoxy) is 1. The molecule has 0 bridgehead atoms. The highest BCUT2D eigenvalue weighted by Gasteiger charge is 2.23. The number of nitrogens with zero attached hydrogens (tertiary/aromatic N) is 1. The van der Waals surface area contributed by atoms with Crippen LogP contribution in [-0.2, 0) is 13.0 Å². The molecule has 0 radical (unpaired) electrons. The molecule has 0 aliphatic carbocycles. The minimum atomic E-state index is 0.160. The van der Waals surface area contributed by atoms with Crippen molar-refractivity contribution >= 4 is 0 Å². The lowest BCUT2D eigenvalue weighted by atomic mass is 9.98. The van der Waals surface area contributed by atoms with Crippen molar-refractivity contribution in [3.63, 3.8) is 0 Å². The first kappa shape index (κ1) is 14.0. The van der Waals surface area contributed by atoms with E-state index in [2.05, 4.69) is 39.6 Å². The third kappa shape index (κ3) is 2.98. The third-order valence-electron chi connectivity index (χ3n) is 4.21. The summed E-state index contributed by atoms with van der Waals surface area (Å²) in [6, 6.07) is 18.6. The molecule has 1 atom stereocenters. The Labute approximate surface area is 135 Å². The summed E-state index contributed by atoms with van der Waals surface area (Å²) in [6.45, 7) is 1.55. The molecule has 3 aromatic rings. The van der Waals surface area contributed by atoms with Crippen LogP contribution in [0.1, 0.15) is 28.6 Å². The van der Waals surface area contributed by atoms with Gasteiger partial charge in [-0.2, -0.15) is 0 Å². The van der Waals surface area contributed by atoms with E-state index < -0.39 is 0 Å². The van der Waals surface area contributed by atoms with Gasteiger partial charge >= 0.3 is 0 Å². The molecular formula is C19H19N3O. The lowest BCUT2D eigenvalue weighted by molar-refractivity contribution is 0.306. The number of hydrogen-bond donors (Lipinski definition) is 2. The van der Waals surface area contributed by atoms with Crippen LogP contribution < -0.4 is 10.1 Å². The number of rotatable bonds is 4. The Kier molecular flexibility index (Phi) is 3.82. The molecule has 116 valence electrons. The Morgan fingerprint density at radius 3 is 2.70 bits per heavy atom. The molecule has 23 heavy (non-hydrogen) atoms. The normalized spacial score (nSPS) is 16.8. The van der Waals surface area contributed by atoms with E-state index in [1.807, 2.05) is 30.3 Å². The number of nitrogens with one attached hydrogen (secondary N) is 2. The van der Waals surface area contributed by atoms with Crippen LogP contribution in [0.15, 0.2) is 60.9 Å². The van der Waals surface area contributed by atoms with Crippen molar-refractivity contribution < 1.29 is 4.74 Å². The summed E-state index contributed by atoms with van der Waals surface area (Å²) in [5, 5.41) is 3.53. The van der Waals surface area contributed by atoms with Crippen LogP contribution in [0, 0.1) is 0 Å². The zero-order valence-electron chi connectivity index (χ0n) is 12.8. The maximum Gasteiger partial charge on any atom is 0.119 e. The number of imidazole rings is 1. The molecule has 2 N–H and O–H groups in total. The van der Waals surface area contributed by atoms with Crippen molar-refractivity contribution in [3.05, 3.63) is 83.4 Å². The topological polar surface area (TPSA) is 49.9 Å². The predicted octanol–water partition coefficient (Wildman–Crippen LogP) is 3.22. The number of H-pyrrole nitrogens is 1. The average molecular weight is 305 g/mol. The van der Waals surface area contributed by atoms with Gasteiger partial charge in [-0.25, -0.2) is 4.98 Å². The highest BCUT2D eigenvalue weighted by Crippen LogP contribution is 2.27. The Balaban J connectivity index is 1.47. The first-order chi connectivity index (χ1) is 11.4. The Hall–Kier alpha value is -2.59. The quantitative estimate of drug-likeness (QED) is 0.778. The average Bonchev–Trinajstić information content (AvgIpc) is 3.10. The summed E-state index contributed by atoms with van der Waals surface area (Å²) in [6.07, 6.45) is 2.78. The number of hydrogen-bond acceptors (Lipinski definition) is 3. The minimum absolute atomic E-state index is 0.160. The van der Waals surface area contributed by atoms with Gasteiger partial charge < -0.3 is 15.0 Å². The van der Waals surface area contributed by atoms with E-state index in [-0.39, 0.29) is 6.04 Å². The third-order valence-corrected chi connectivity index (χ3v) is 4.21. The molecule has 1 aromatic heterocycles. The van der Waals surface area contributed by atoms with E-state index in [0.29, 0.717) is 6.61 Å². The van der Waals surface area contributed by atoms with Crippen molar-refractivity contribution in [1.29, 1.82) is 0 Å². The van der Waals surface area contributed by atoms with Crippen molar-refractivity contribution in [2.75, 3.05) is 6.54 Å². The standard InChI is InChI=1S/C19H19N3O/c1-2-4-14(5-3-1)12-23-16-8-6-15(7-9-16)18-19-17(10-11-20-18)21-13-22-19/h1-9,13,18,20H,10-12H2,(H,21,22). The highest BCUT2D eigenvalue weighted by molar-refractivity contribution is 5.36. The van der Waals surface area contributed by atoms with Crippen LogP contribution in [0.4, 0.5) is 0 Å². The van der Waals surface area contributed by atoms with Gasteiger partial charge in [-0.05, 0) is 23.3 Å². The maximum atomic E-state index is 5.85. The highest BCUT2D eigenvalue weighted by atomic mass is 16.5. The Bertz CT molecular complexity index is 765. The first-order valence-corrected chi connectivity index (χ1v) is 7.92. The zero-order chi connectivity index (χ0) is 15.5. The molecule has 1 unspecified atom stereocenters. The van der Waals surface area contributed by atoms with Gasteiger partial charge in [0.1, 0.15) is 12.4 Å². The molecule has 0 spiro atoms. The summed E-state index contributed by atoms with van der Waals surface area (Å²) in [4.78, 5) is 7.70. The van der Waals surface area contributed by atoms with Crippen molar-refractivity contribution in [3.8, 4) is 5.75 Å². The molecule has 0 amide bonds. The largest absolute Gasteiger partial charge is 0.489 e.